The van der Waals surface area contributed by atoms with Crippen molar-refractivity contribution in [3.05, 3.63) is 35.9 Å². The van der Waals surface area contributed by atoms with E-state index in [0.29, 0.717) is 25.9 Å². The summed E-state index contributed by atoms with van der Waals surface area (Å²) in [6, 6.07) is 10.5. The molecule has 0 radical (unpaired) electrons. The summed E-state index contributed by atoms with van der Waals surface area (Å²) in [4.78, 5) is 14.1. The van der Waals surface area contributed by atoms with Crippen LogP contribution in [0, 0.1) is 5.92 Å². The Morgan fingerprint density at radius 1 is 1.24 bits per heavy atom. The van der Waals surface area contributed by atoms with Crippen molar-refractivity contribution in [3.8, 4) is 0 Å². The van der Waals surface area contributed by atoms with Gasteiger partial charge in [-0.2, -0.15) is 0 Å². The largest absolute Gasteiger partial charge is 0.465 e. The van der Waals surface area contributed by atoms with E-state index in [-0.39, 0.29) is 11.9 Å². The average Bonchev–Trinajstić information content (AvgIpc) is 2.95. The molecular weight excluding hydrogens is 266 g/mol. The van der Waals surface area contributed by atoms with Crippen molar-refractivity contribution in [2.75, 3.05) is 26.2 Å². The summed E-state index contributed by atoms with van der Waals surface area (Å²) >= 11 is 0. The lowest BCUT2D eigenvalue weighted by Gasteiger charge is -2.40. The Hall–Kier alpha value is -1.39. The third-order valence-corrected chi connectivity index (χ3v) is 4.87. The first-order valence-electron chi connectivity index (χ1n) is 7.83. The van der Waals surface area contributed by atoms with E-state index in [1.54, 1.807) is 0 Å². The van der Waals surface area contributed by atoms with Crippen molar-refractivity contribution in [1.29, 1.82) is 0 Å². The van der Waals surface area contributed by atoms with Gasteiger partial charge in [0, 0.05) is 19.6 Å². The molecule has 4 heteroatoms. The van der Waals surface area contributed by atoms with Crippen molar-refractivity contribution < 1.29 is 14.6 Å². The van der Waals surface area contributed by atoms with Crippen LogP contribution in [0.25, 0.3) is 0 Å². The Morgan fingerprint density at radius 3 is 2.57 bits per heavy atom. The quantitative estimate of drug-likeness (QED) is 0.856. The van der Waals surface area contributed by atoms with Crippen LogP contribution in [0.3, 0.4) is 0 Å². The summed E-state index contributed by atoms with van der Waals surface area (Å²) in [7, 11) is 0. The maximum Gasteiger partial charge on any atom is 0.311 e. The first-order chi connectivity index (χ1) is 10.2. The van der Waals surface area contributed by atoms with Gasteiger partial charge in [0.15, 0.2) is 0 Å². The van der Waals surface area contributed by atoms with E-state index in [4.69, 9.17) is 4.74 Å². The minimum atomic E-state index is -0.850. The van der Waals surface area contributed by atoms with Gasteiger partial charge in [-0.15, -0.1) is 0 Å². The lowest BCUT2D eigenvalue weighted by Crippen LogP contribution is -2.50. The van der Waals surface area contributed by atoms with Gasteiger partial charge in [-0.3, -0.25) is 4.79 Å². The van der Waals surface area contributed by atoms with Crippen molar-refractivity contribution in [1.82, 2.24) is 4.90 Å². The number of nitrogens with zero attached hydrogens (tertiary/aromatic N) is 1. The maximum absolute atomic E-state index is 11.7. The molecule has 0 amide bonds. The number of piperidine rings is 1. The van der Waals surface area contributed by atoms with Crippen LogP contribution in [-0.2, 0) is 16.0 Å². The van der Waals surface area contributed by atoms with Crippen molar-refractivity contribution in [3.63, 3.8) is 0 Å². The van der Waals surface area contributed by atoms with Crippen molar-refractivity contribution in [2.45, 2.75) is 31.3 Å². The van der Waals surface area contributed by atoms with Crippen molar-refractivity contribution >= 4 is 5.97 Å². The number of carbonyl (C=O) groups excluding carboxylic acids is 1. The fraction of sp³-hybridized carbons (Fsp3) is 0.588. The molecule has 1 unspecified atom stereocenters. The summed E-state index contributed by atoms with van der Waals surface area (Å²) < 4.78 is 5.00. The second-order valence-electron chi connectivity index (χ2n) is 6.19. The normalized spacial score (nSPS) is 25.8. The van der Waals surface area contributed by atoms with Gasteiger partial charge in [0.1, 0.15) is 0 Å². The van der Waals surface area contributed by atoms with Gasteiger partial charge in [0.05, 0.1) is 18.1 Å². The molecule has 114 valence electrons. The lowest BCUT2D eigenvalue weighted by atomic mass is 9.78. The highest BCUT2D eigenvalue weighted by molar-refractivity contribution is 5.75. The molecule has 0 spiro atoms. The Bertz CT molecular complexity index is 480. The molecule has 0 bridgehead atoms. The number of carbonyl (C=O) groups is 1. The molecule has 2 saturated heterocycles. The smallest absolute Gasteiger partial charge is 0.311 e. The number of cyclic esters (lactones) is 1. The van der Waals surface area contributed by atoms with E-state index in [9.17, 15) is 9.90 Å². The first-order valence-corrected chi connectivity index (χ1v) is 7.83. The topological polar surface area (TPSA) is 49.8 Å². The van der Waals surface area contributed by atoms with Crippen LogP contribution in [-0.4, -0.2) is 47.8 Å². The number of likely N-dealkylation sites (tertiary alicyclic amines) is 1. The van der Waals surface area contributed by atoms with Gasteiger partial charge in [-0.1, -0.05) is 30.3 Å². The summed E-state index contributed by atoms with van der Waals surface area (Å²) in [5.74, 6) is -0.524. The van der Waals surface area contributed by atoms with Gasteiger partial charge in [-0.25, -0.2) is 0 Å². The number of aliphatic hydroxyl groups is 1. The van der Waals surface area contributed by atoms with Gasteiger partial charge < -0.3 is 14.7 Å². The summed E-state index contributed by atoms with van der Waals surface area (Å²) in [5.41, 5.74) is 0.495. The predicted molar refractivity (Wildman–Crippen MR) is 79.8 cm³/mol. The highest BCUT2D eigenvalue weighted by Crippen LogP contribution is 2.35. The molecule has 0 aliphatic carbocycles. The van der Waals surface area contributed by atoms with Gasteiger partial charge in [0.25, 0.3) is 0 Å². The Morgan fingerprint density at radius 2 is 1.95 bits per heavy atom. The zero-order valence-corrected chi connectivity index (χ0v) is 12.3. The molecule has 2 aliphatic rings. The number of hydrogen-bond acceptors (Lipinski definition) is 4. The standard InChI is InChI=1S/C17H23NO3/c19-16-15(7-13-21-16)17(20)8-11-18(12-9-17)10-6-14-4-2-1-3-5-14/h1-5,15,20H,6-13H2. The van der Waals surface area contributed by atoms with Gasteiger partial charge >= 0.3 is 5.97 Å². The second kappa shape index (κ2) is 6.16. The van der Waals surface area contributed by atoms with E-state index in [1.165, 1.54) is 5.56 Å². The van der Waals surface area contributed by atoms with Crippen LogP contribution in [0.2, 0.25) is 0 Å². The third-order valence-electron chi connectivity index (χ3n) is 4.87. The second-order valence-corrected chi connectivity index (χ2v) is 6.19. The zero-order valence-electron chi connectivity index (χ0n) is 12.3. The molecule has 2 aliphatic heterocycles. The number of benzene rings is 1. The Kier molecular flexibility index (Phi) is 4.27. The summed E-state index contributed by atoms with van der Waals surface area (Å²) in [5, 5.41) is 10.7. The first kappa shape index (κ1) is 14.5. The highest BCUT2D eigenvalue weighted by Gasteiger charge is 2.46. The fourth-order valence-electron chi connectivity index (χ4n) is 3.43. The molecule has 1 N–H and O–H groups in total. The SMILES string of the molecule is O=C1OCCC1C1(O)CCN(CCc2ccccc2)CC1. The lowest BCUT2D eigenvalue weighted by molar-refractivity contribution is -0.151. The highest BCUT2D eigenvalue weighted by atomic mass is 16.5. The Labute approximate surface area is 125 Å². The number of hydrogen-bond donors (Lipinski definition) is 1. The number of esters is 1. The molecule has 2 fully saturated rings. The van der Waals surface area contributed by atoms with E-state index in [2.05, 4.69) is 29.2 Å². The molecular formula is C17H23NO3. The maximum atomic E-state index is 11.7. The molecule has 1 aromatic rings. The van der Waals surface area contributed by atoms with Crippen LogP contribution in [0.4, 0.5) is 0 Å². The Balaban J connectivity index is 1.49. The van der Waals surface area contributed by atoms with E-state index >= 15 is 0 Å². The number of rotatable bonds is 4. The number of ether oxygens (including phenoxy) is 1. The average molecular weight is 289 g/mol. The van der Waals surface area contributed by atoms with Crippen LogP contribution < -0.4 is 0 Å². The summed E-state index contributed by atoms with van der Waals surface area (Å²) in [6.45, 7) is 3.18. The van der Waals surface area contributed by atoms with Gasteiger partial charge in [0.2, 0.25) is 0 Å². The molecule has 1 atom stereocenters. The predicted octanol–water partition coefficient (Wildman–Crippen LogP) is 1.62. The zero-order chi connectivity index (χ0) is 14.7. The van der Waals surface area contributed by atoms with Crippen molar-refractivity contribution in [2.24, 2.45) is 5.92 Å². The van der Waals surface area contributed by atoms with Crippen LogP contribution in [0.15, 0.2) is 30.3 Å². The monoisotopic (exact) mass is 289 g/mol. The molecule has 3 rings (SSSR count). The van der Waals surface area contributed by atoms with Crippen LogP contribution in [0.5, 0.6) is 0 Å². The molecule has 0 saturated carbocycles. The minimum Gasteiger partial charge on any atom is -0.465 e. The third kappa shape index (κ3) is 3.27. The van der Waals surface area contributed by atoms with E-state index in [1.807, 2.05) is 6.07 Å². The van der Waals surface area contributed by atoms with Crippen LogP contribution >= 0.6 is 0 Å². The molecule has 21 heavy (non-hydrogen) atoms. The molecule has 4 nitrogen and oxygen atoms in total. The van der Waals surface area contributed by atoms with E-state index < -0.39 is 5.60 Å². The van der Waals surface area contributed by atoms with Gasteiger partial charge in [-0.05, 0) is 31.2 Å². The van der Waals surface area contributed by atoms with Crippen LogP contribution in [0.1, 0.15) is 24.8 Å². The molecule has 2 heterocycles. The molecule has 0 aromatic heterocycles. The fourth-order valence-corrected chi connectivity index (χ4v) is 3.43. The van der Waals surface area contributed by atoms with E-state index in [0.717, 1.165) is 26.1 Å². The molecule has 1 aromatic carbocycles. The minimum absolute atomic E-state index is 0.213. The summed E-state index contributed by atoms with van der Waals surface area (Å²) in [6.07, 6.45) is 3.03.